The predicted octanol–water partition coefficient (Wildman–Crippen LogP) is 2.68. The highest BCUT2D eigenvalue weighted by atomic mass is 32.1. The Bertz CT molecular complexity index is 527. The Morgan fingerprint density at radius 1 is 1.47 bits per heavy atom. The fourth-order valence-electron chi connectivity index (χ4n) is 1.57. The molecule has 90 valence electrons. The van der Waals surface area contributed by atoms with Gasteiger partial charge in [-0.15, -0.1) is 11.3 Å². The van der Waals surface area contributed by atoms with Crippen LogP contribution in [0, 0.1) is 12.7 Å². The molecule has 0 spiro atoms. The summed E-state index contributed by atoms with van der Waals surface area (Å²) in [4.78, 5) is 4.70. The first-order valence-corrected chi connectivity index (χ1v) is 5.93. The molecule has 2 rings (SSSR count). The first kappa shape index (κ1) is 12.0. The molecule has 0 saturated carbocycles. The molecule has 1 aromatic carbocycles. The van der Waals surface area contributed by atoms with Crippen LogP contribution in [0.2, 0.25) is 0 Å². The van der Waals surface area contributed by atoms with Gasteiger partial charge in [0.05, 0.1) is 23.2 Å². The molecule has 0 aliphatic carbocycles. The number of halogens is 1. The molecule has 0 radical (unpaired) electrons. The largest absolute Gasteiger partial charge is 0.497 e. The van der Waals surface area contributed by atoms with Gasteiger partial charge in [-0.3, -0.25) is 0 Å². The third-order valence-electron chi connectivity index (χ3n) is 2.53. The Morgan fingerprint density at radius 2 is 2.24 bits per heavy atom. The Hall–Kier alpha value is -1.46. The summed E-state index contributed by atoms with van der Waals surface area (Å²) in [7, 11) is 1.47. The van der Waals surface area contributed by atoms with Crippen LogP contribution in [0.3, 0.4) is 0 Å². The first-order chi connectivity index (χ1) is 8.13. The Labute approximate surface area is 103 Å². The smallest absolute Gasteiger partial charge is 0.133 e. The summed E-state index contributed by atoms with van der Waals surface area (Å²) in [6.45, 7) is 1.79. The topological polar surface area (TPSA) is 42.4 Å². The summed E-state index contributed by atoms with van der Waals surface area (Å²) in [5.41, 5.74) is 2.59. The summed E-state index contributed by atoms with van der Waals surface area (Å²) in [6, 6.07) is 4.41. The Kier molecular flexibility index (Phi) is 3.40. The first-order valence-electron chi connectivity index (χ1n) is 5.05. The van der Waals surface area contributed by atoms with Crippen molar-refractivity contribution in [1.29, 1.82) is 0 Å². The lowest BCUT2D eigenvalue weighted by atomic mass is 10.1. The molecular weight excluding hydrogens is 241 g/mol. The van der Waals surface area contributed by atoms with Gasteiger partial charge in [0.1, 0.15) is 17.7 Å². The van der Waals surface area contributed by atoms with E-state index in [0.29, 0.717) is 10.6 Å². The quantitative estimate of drug-likeness (QED) is 0.914. The van der Waals surface area contributed by atoms with Gasteiger partial charge in [-0.1, -0.05) is 0 Å². The van der Waals surface area contributed by atoms with Crippen molar-refractivity contribution in [2.75, 3.05) is 7.11 Å². The molecule has 0 amide bonds. The molecular formula is C12H12FNO2S. The zero-order valence-electron chi connectivity index (χ0n) is 9.48. The third-order valence-corrected chi connectivity index (χ3v) is 3.52. The molecule has 0 bridgehead atoms. The summed E-state index contributed by atoms with van der Waals surface area (Å²) in [5, 5.41) is 10.1. The zero-order chi connectivity index (χ0) is 12.4. The van der Waals surface area contributed by atoms with E-state index in [2.05, 4.69) is 4.98 Å². The number of hydrogen-bond acceptors (Lipinski definition) is 4. The van der Waals surface area contributed by atoms with Crippen LogP contribution >= 0.6 is 11.3 Å². The van der Waals surface area contributed by atoms with Crippen molar-refractivity contribution < 1.29 is 14.2 Å². The van der Waals surface area contributed by atoms with E-state index in [0.717, 1.165) is 5.69 Å². The molecule has 0 aliphatic rings. The van der Waals surface area contributed by atoms with Crippen LogP contribution in [0.1, 0.15) is 22.2 Å². The lowest BCUT2D eigenvalue weighted by molar-refractivity contribution is 0.217. The SMILES string of the molecule is COc1ccc(C(O)c2scnc2C)c(F)c1. The second kappa shape index (κ2) is 4.81. The second-order valence-corrected chi connectivity index (χ2v) is 4.48. The molecule has 0 saturated heterocycles. The fraction of sp³-hybridized carbons (Fsp3) is 0.250. The van der Waals surface area contributed by atoms with Crippen molar-refractivity contribution in [3.8, 4) is 5.75 Å². The number of thiazole rings is 1. The Balaban J connectivity index is 2.38. The third kappa shape index (κ3) is 2.30. The van der Waals surface area contributed by atoms with E-state index in [1.54, 1.807) is 18.5 Å². The minimum atomic E-state index is -0.978. The number of benzene rings is 1. The fourth-order valence-corrected chi connectivity index (χ4v) is 2.37. The van der Waals surface area contributed by atoms with E-state index in [1.807, 2.05) is 0 Å². The van der Waals surface area contributed by atoms with Crippen LogP contribution in [0.4, 0.5) is 4.39 Å². The van der Waals surface area contributed by atoms with Gasteiger partial charge in [-0.05, 0) is 19.1 Å². The van der Waals surface area contributed by atoms with Gasteiger partial charge in [0.25, 0.3) is 0 Å². The average Bonchev–Trinajstić information content (AvgIpc) is 2.74. The molecule has 1 heterocycles. The molecule has 17 heavy (non-hydrogen) atoms. The number of hydrogen-bond donors (Lipinski definition) is 1. The number of nitrogens with zero attached hydrogens (tertiary/aromatic N) is 1. The maximum absolute atomic E-state index is 13.8. The molecule has 3 nitrogen and oxygen atoms in total. The molecule has 1 aromatic heterocycles. The number of aryl methyl sites for hydroxylation is 1. The number of aliphatic hydroxyl groups excluding tert-OH is 1. The highest BCUT2D eigenvalue weighted by molar-refractivity contribution is 7.09. The van der Waals surface area contributed by atoms with Gasteiger partial charge in [0.15, 0.2) is 0 Å². The molecule has 0 fully saturated rings. The number of aromatic nitrogens is 1. The average molecular weight is 253 g/mol. The van der Waals surface area contributed by atoms with Crippen LogP contribution in [0.15, 0.2) is 23.7 Å². The number of ether oxygens (including phenoxy) is 1. The van der Waals surface area contributed by atoms with Crippen LogP contribution < -0.4 is 4.74 Å². The predicted molar refractivity (Wildman–Crippen MR) is 63.9 cm³/mol. The van der Waals surface area contributed by atoms with Crippen LogP contribution in [0.5, 0.6) is 5.75 Å². The summed E-state index contributed by atoms with van der Waals surface area (Å²) in [5.74, 6) is -0.0517. The molecule has 2 aromatic rings. The van der Waals surface area contributed by atoms with Crippen molar-refractivity contribution in [1.82, 2.24) is 4.98 Å². The monoisotopic (exact) mass is 253 g/mol. The lowest BCUT2D eigenvalue weighted by Gasteiger charge is -2.11. The van der Waals surface area contributed by atoms with E-state index < -0.39 is 11.9 Å². The highest BCUT2D eigenvalue weighted by Gasteiger charge is 2.19. The maximum Gasteiger partial charge on any atom is 0.133 e. The Morgan fingerprint density at radius 3 is 2.76 bits per heavy atom. The van der Waals surface area contributed by atoms with E-state index >= 15 is 0 Å². The molecule has 5 heteroatoms. The van der Waals surface area contributed by atoms with Gasteiger partial charge in [-0.2, -0.15) is 0 Å². The van der Waals surface area contributed by atoms with Gasteiger partial charge in [-0.25, -0.2) is 9.37 Å². The molecule has 0 aliphatic heterocycles. The lowest BCUT2D eigenvalue weighted by Crippen LogP contribution is -2.02. The van der Waals surface area contributed by atoms with Crippen molar-refractivity contribution in [3.05, 3.63) is 45.7 Å². The highest BCUT2D eigenvalue weighted by Crippen LogP contribution is 2.30. The van der Waals surface area contributed by atoms with E-state index in [4.69, 9.17) is 4.74 Å². The summed E-state index contributed by atoms with van der Waals surface area (Å²) in [6.07, 6.45) is -0.978. The van der Waals surface area contributed by atoms with E-state index in [-0.39, 0.29) is 5.56 Å². The summed E-state index contributed by atoms with van der Waals surface area (Å²) < 4.78 is 18.7. The van der Waals surface area contributed by atoms with Crippen LogP contribution in [-0.2, 0) is 0 Å². The van der Waals surface area contributed by atoms with Crippen molar-refractivity contribution in [2.45, 2.75) is 13.0 Å². The zero-order valence-corrected chi connectivity index (χ0v) is 10.3. The molecule has 1 N–H and O–H groups in total. The minimum absolute atomic E-state index is 0.234. The number of methoxy groups -OCH3 is 1. The van der Waals surface area contributed by atoms with Gasteiger partial charge in [0.2, 0.25) is 0 Å². The maximum atomic E-state index is 13.8. The van der Waals surface area contributed by atoms with Crippen molar-refractivity contribution in [2.24, 2.45) is 0 Å². The molecule has 1 atom stereocenters. The molecule has 1 unspecified atom stereocenters. The van der Waals surface area contributed by atoms with E-state index in [1.165, 1.54) is 30.6 Å². The second-order valence-electron chi connectivity index (χ2n) is 3.59. The number of rotatable bonds is 3. The normalized spacial score (nSPS) is 12.5. The van der Waals surface area contributed by atoms with Gasteiger partial charge < -0.3 is 9.84 Å². The van der Waals surface area contributed by atoms with Crippen LogP contribution in [-0.4, -0.2) is 17.2 Å². The van der Waals surface area contributed by atoms with Gasteiger partial charge >= 0.3 is 0 Å². The number of aliphatic hydroxyl groups is 1. The van der Waals surface area contributed by atoms with Crippen LogP contribution in [0.25, 0.3) is 0 Å². The van der Waals surface area contributed by atoms with E-state index in [9.17, 15) is 9.50 Å². The van der Waals surface area contributed by atoms with Crippen molar-refractivity contribution in [3.63, 3.8) is 0 Å². The standard InChI is InChI=1S/C12H12FNO2S/c1-7-12(17-6-14-7)11(15)9-4-3-8(16-2)5-10(9)13/h3-6,11,15H,1-2H3. The van der Waals surface area contributed by atoms with Crippen molar-refractivity contribution >= 4 is 11.3 Å². The summed E-state index contributed by atoms with van der Waals surface area (Å²) >= 11 is 1.31. The van der Waals surface area contributed by atoms with Gasteiger partial charge in [0, 0.05) is 11.6 Å². The minimum Gasteiger partial charge on any atom is -0.497 e.